The van der Waals surface area contributed by atoms with Gasteiger partial charge in [0.1, 0.15) is 11.3 Å². The van der Waals surface area contributed by atoms with Crippen molar-refractivity contribution in [2.75, 3.05) is 0 Å². The fraction of sp³-hybridized carbons (Fsp3) is 0. The number of benzene rings is 2. The molecule has 0 unspecified atom stereocenters. The van der Waals surface area contributed by atoms with E-state index in [0.717, 1.165) is 0 Å². The molecule has 0 amide bonds. The zero-order valence-electron chi connectivity index (χ0n) is 15.2. The second-order valence-corrected chi connectivity index (χ2v) is 6.88. The van der Waals surface area contributed by atoms with E-state index in [1.165, 1.54) is 22.7 Å². The maximum absolute atomic E-state index is 13.4. The lowest BCUT2D eigenvalue weighted by Gasteiger charge is -2.07. The maximum atomic E-state index is 13.4. The van der Waals surface area contributed by atoms with Crippen LogP contribution in [0.1, 0.15) is 15.9 Å². The van der Waals surface area contributed by atoms with Crippen LogP contribution < -0.4 is 5.63 Å². The van der Waals surface area contributed by atoms with E-state index < -0.39 is 5.63 Å². The molecule has 30 heavy (non-hydrogen) atoms. The van der Waals surface area contributed by atoms with Crippen molar-refractivity contribution in [1.29, 1.82) is 0 Å². The van der Waals surface area contributed by atoms with Crippen molar-refractivity contribution in [2.24, 2.45) is 0 Å². The molecule has 6 rings (SSSR count). The third-order valence-corrected chi connectivity index (χ3v) is 5.19. The molecular weight excluding hydrogens is 386 g/mol. The summed E-state index contributed by atoms with van der Waals surface area (Å²) in [5.74, 6) is -0.350. The molecule has 2 aromatic carbocycles. The lowest BCUT2D eigenvalue weighted by molar-refractivity contribution is 0.104. The van der Waals surface area contributed by atoms with Gasteiger partial charge < -0.3 is 14.5 Å². The summed E-state index contributed by atoms with van der Waals surface area (Å²) in [7, 11) is 0. The number of nitrogens with zero attached hydrogens (tertiary/aromatic N) is 4. The van der Waals surface area contributed by atoms with Crippen molar-refractivity contribution in [3.8, 4) is 5.75 Å². The first kappa shape index (κ1) is 16.4. The van der Waals surface area contributed by atoms with Gasteiger partial charge in [-0.2, -0.15) is 4.52 Å². The van der Waals surface area contributed by atoms with E-state index in [1.54, 1.807) is 30.5 Å². The predicted molar refractivity (Wildman–Crippen MR) is 108 cm³/mol. The highest BCUT2D eigenvalue weighted by Gasteiger charge is 2.23. The summed E-state index contributed by atoms with van der Waals surface area (Å²) < 4.78 is 6.81. The average molecular weight is 397 g/mol. The van der Waals surface area contributed by atoms with Gasteiger partial charge in [0.2, 0.25) is 0 Å². The van der Waals surface area contributed by atoms with E-state index in [0.29, 0.717) is 33.0 Å². The molecule has 0 aliphatic carbocycles. The number of carbonyl (C=O) groups excluding carboxylic acids is 1. The smallest absolute Gasteiger partial charge is 0.345 e. The van der Waals surface area contributed by atoms with Crippen LogP contribution in [0.3, 0.4) is 0 Å². The Morgan fingerprint density at radius 1 is 1.03 bits per heavy atom. The number of para-hydroxylation sites is 1. The van der Waals surface area contributed by atoms with E-state index in [4.69, 9.17) is 4.42 Å². The third kappa shape index (κ3) is 2.14. The SMILES string of the molecule is O=C(c1c[nH]c2ccc(O)cc12)c1cc2c(=O)oc3ccccc3c2n2nnnc12. The van der Waals surface area contributed by atoms with E-state index in [2.05, 4.69) is 20.5 Å². The Kier molecular flexibility index (Phi) is 3.14. The Labute approximate surface area is 166 Å². The van der Waals surface area contributed by atoms with Crippen molar-refractivity contribution in [2.45, 2.75) is 0 Å². The number of hydrogen-bond donors (Lipinski definition) is 2. The number of aromatic nitrogens is 5. The minimum atomic E-state index is -0.591. The summed E-state index contributed by atoms with van der Waals surface area (Å²) in [5, 5.41) is 23.0. The highest BCUT2D eigenvalue weighted by molar-refractivity contribution is 6.20. The monoisotopic (exact) mass is 397 g/mol. The van der Waals surface area contributed by atoms with Gasteiger partial charge in [0.15, 0.2) is 11.4 Å². The van der Waals surface area contributed by atoms with Crippen molar-refractivity contribution in [1.82, 2.24) is 25.0 Å². The van der Waals surface area contributed by atoms with Crippen LogP contribution in [0.5, 0.6) is 5.75 Å². The number of nitrogens with one attached hydrogen (secondary N) is 1. The van der Waals surface area contributed by atoms with Gasteiger partial charge in [0.25, 0.3) is 0 Å². The molecule has 0 aliphatic rings. The predicted octanol–water partition coefficient (Wildman–Crippen LogP) is 2.80. The van der Waals surface area contributed by atoms with Crippen molar-refractivity contribution >= 4 is 44.2 Å². The van der Waals surface area contributed by atoms with E-state index in [1.807, 2.05) is 6.07 Å². The Hall–Kier alpha value is -4.53. The Morgan fingerprint density at radius 2 is 1.90 bits per heavy atom. The average Bonchev–Trinajstić information content (AvgIpc) is 3.39. The van der Waals surface area contributed by atoms with E-state index in [-0.39, 0.29) is 28.1 Å². The van der Waals surface area contributed by atoms with E-state index in [9.17, 15) is 14.7 Å². The van der Waals surface area contributed by atoms with Crippen molar-refractivity contribution in [3.63, 3.8) is 0 Å². The van der Waals surface area contributed by atoms with Crippen LogP contribution in [-0.2, 0) is 0 Å². The molecule has 0 atom stereocenters. The molecule has 0 saturated heterocycles. The molecule has 0 fully saturated rings. The van der Waals surface area contributed by atoms with Gasteiger partial charge in [0, 0.05) is 28.0 Å². The molecule has 0 radical (unpaired) electrons. The summed E-state index contributed by atoms with van der Waals surface area (Å²) >= 11 is 0. The lowest BCUT2D eigenvalue weighted by Crippen LogP contribution is -2.10. The minimum Gasteiger partial charge on any atom is -0.508 e. The second-order valence-electron chi connectivity index (χ2n) is 6.88. The van der Waals surface area contributed by atoms with Crippen LogP contribution in [0.2, 0.25) is 0 Å². The summed E-state index contributed by atoms with van der Waals surface area (Å²) in [5.41, 5.74) is 1.67. The molecule has 4 heterocycles. The highest BCUT2D eigenvalue weighted by Crippen LogP contribution is 2.29. The number of aromatic amines is 1. The quantitative estimate of drug-likeness (QED) is 0.261. The topological polar surface area (TPSA) is 126 Å². The number of fused-ring (bicyclic) bond motifs is 6. The molecule has 9 nitrogen and oxygen atoms in total. The summed E-state index contributed by atoms with van der Waals surface area (Å²) in [4.78, 5) is 29.1. The number of carbonyl (C=O) groups is 1. The molecule has 0 spiro atoms. The van der Waals surface area contributed by atoms with Crippen LogP contribution in [0.4, 0.5) is 0 Å². The number of phenols is 1. The number of pyridine rings is 1. The van der Waals surface area contributed by atoms with Gasteiger partial charge in [-0.05, 0) is 46.8 Å². The van der Waals surface area contributed by atoms with Crippen LogP contribution >= 0.6 is 0 Å². The maximum Gasteiger partial charge on any atom is 0.345 e. The first-order chi connectivity index (χ1) is 14.6. The van der Waals surface area contributed by atoms with Crippen LogP contribution in [-0.4, -0.2) is 35.9 Å². The van der Waals surface area contributed by atoms with Gasteiger partial charge in [-0.1, -0.05) is 12.1 Å². The molecule has 0 bridgehead atoms. The molecule has 144 valence electrons. The molecular formula is C21H11N5O4. The number of tetrazole rings is 1. The molecule has 0 saturated carbocycles. The third-order valence-electron chi connectivity index (χ3n) is 5.19. The molecule has 0 aliphatic heterocycles. The van der Waals surface area contributed by atoms with Crippen LogP contribution in [0, 0.1) is 0 Å². The number of ketones is 1. The summed E-state index contributed by atoms with van der Waals surface area (Å²) in [6.45, 7) is 0. The fourth-order valence-electron chi connectivity index (χ4n) is 3.83. The minimum absolute atomic E-state index is 0.0380. The number of H-pyrrole nitrogens is 1. The largest absolute Gasteiger partial charge is 0.508 e. The Balaban J connectivity index is 1.71. The molecule has 9 heteroatoms. The normalized spacial score (nSPS) is 11.7. The van der Waals surface area contributed by atoms with Crippen LogP contribution in [0.15, 0.2) is 63.9 Å². The van der Waals surface area contributed by atoms with E-state index >= 15 is 0 Å². The number of aromatic hydroxyl groups is 1. The van der Waals surface area contributed by atoms with Crippen LogP contribution in [0.25, 0.3) is 38.4 Å². The zero-order chi connectivity index (χ0) is 20.4. The molecule has 2 N–H and O–H groups in total. The van der Waals surface area contributed by atoms with Gasteiger partial charge >= 0.3 is 5.63 Å². The lowest BCUT2D eigenvalue weighted by atomic mass is 10.0. The first-order valence-electron chi connectivity index (χ1n) is 9.03. The highest BCUT2D eigenvalue weighted by atomic mass is 16.4. The number of phenolic OH excluding ortho intramolecular Hbond substituents is 1. The number of rotatable bonds is 2. The van der Waals surface area contributed by atoms with Gasteiger partial charge in [0.05, 0.1) is 16.5 Å². The Bertz CT molecular complexity index is 1710. The van der Waals surface area contributed by atoms with Crippen molar-refractivity contribution < 1.29 is 14.3 Å². The van der Waals surface area contributed by atoms with Gasteiger partial charge in [-0.15, -0.1) is 5.10 Å². The second kappa shape index (κ2) is 5.74. The fourth-order valence-corrected chi connectivity index (χ4v) is 3.83. The molecule has 4 aromatic heterocycles. The molecule has 6 aromatic rings. The Morgan fingerprint density at radius 3 is 2.80 bits per heavy atom. The summed E-state index contributed by atoms with van der Waals surface area (Å²) in [6.07, 6.45) is 1.56. The summed E-state index contributed by atoms with van der Waals surface area (Å²) in [6, 6.07) is 13.2. The van der Waals surface area contributed by atoms with Gasteiger partial charge in [-0.25, -0.2) is 4.79 Å². The standard InChI is InChI=1S/C21H11N5O4/c27-10-5-6-16-12(7-10)15(9-22-16)19(28)14-8-13-18(26-20(14)23-24-25-26)11-3-1-2-4-17(11)30-21(13)29/h1-9,22,27H. The van der Waals surface area contributed by atoms with Crippen molar-refractivity contribution in [3.05, 3.63) is 76.3 Å². The van der Waals surface area contributed by atoms with Gasteiger partial charge in [-0.3, -0.25) is 4.79 Å². The number of hydrogen-bond acceptors (Lipinski definition) is 7. The first-order valence-corrected chi connectivity index (χ1v) is 9.03. The zero-order valence-corrected chi connectivity index (χ0v) is 15.2.